The van der Waals surface area contributed by atoms with E-state index in [0.717, 1.165) is 47.8 Å². The fraction of sp³-hybridized carbons (Fsp3) is 0.433. The monoisotopic (exact) mass is 558 g/mol. The van der Waals surface area contributed by atoms with E-state index >= 15 is 8.78 Å². The highest BCUT2D eigenvalue weighted by atomic mass is 35.5. The van der Waals surface area contributed by atoms with E-state index in [2.05, 4.69) is 10.2 Å². The highest BCUT2D eigenvalue weighted by Gasteiger charge is 2.41. The molecular formula is C30H33ClF2N2O4. The zero-order valence-electron chi connectivity index (χ0n) is 21.6. The van der Waals surface area contributed by atoms with Gasteiger partial charge in [-0.2, -0.15) is 8.78 Å². The highest BCUT2D eigenvalue weighted by Crippen LogP contribution is 2.35. The summed E-state index contributed by atoms with van der Waals surface area (Å²) >= 11 is 6.51. The summed E-state index contributed by atoms with van der Waals surface area (Å²) in [5, 5.41) is 15.1. The molecule has 5 rings (SSSR count). The maximum Gasteiger partial charge on any atom is 0.324 e. The molecule has 0 spiro atoms. The number of likely N-dealkylation sites (tertiary alicyclic amines) is 1. The van der Waals surface area contributed by atoms with Crippen molar-refractivity contribution < 1.29 is 28.2 Å². The standard InChI is InChI=1S/C30H33ClF2N2O4/c31-25-16-23(9-10-27(25)39-24-18-38-19-24)28(35-13-3-4-14-35)26(17-36)34-29(37)30(32,33)12-11-20-7-8-21-5-1-2-6-22(21)15-20/h1-2,5-10,15-16,24,26,28,36H,3-4,11-14,17-19H2,(H,34,37)/t26-,28-/m0/s1. The summed E-state index contributed by atoms with van der Waals surface area (Å²) in [5.41, 5.74) is 1.46. The number of nitrogens with zero attached hydrogens (tertiary/aromatic N) is 1. The molecule has 3 aromatic carbocycles. The van der Waals surface area contributed by atoms with E-state index in [9.17, 15) is 9.90 Å². The van der Waals surface area contributed by atoms with Gasteiger partial charge in [0.15, 0.2) is 0 Å². The number of carbonyl (C=O) groups is 1. The second-order valence-electron chi connectivity index (χ2n) is 10.3. The number of hydrogen-bond acceptors (Lipinski definition) is 5. The van der Waals surface area contributed by atoms with Gasteiger partial charge in [0.1, 0.15) is 11.9 Å². The molecule has 2 saturated heterocycles. The van der Waals surface area contributed by atoms with Gasteiger partial charge >= 0.3 is 5.92 Å². The molecule has 2 fully saturated rings. The number of benzene rings is 3. The second kappa shape index (κ2) is 12.2. The van der Waals surface area contributed by atoms with Crippen LogP contribution in [0.3, 0.4) is 0 Å². The zero-order valence-corrected chi connectivity index (χ0v) is 22.4. The van der Waals surface area contributed by atoms with E-state index in [0.29, 0.717) is 24.0 Å². The number of nitrogens with one attached hydrogen (secondary N) is 1. The number of hydrogen-bond donors (Lipinski definition) is 2. The van der Waals surface area contributed by atoms with Crippen LogP contribution in [0.1, 0.15) is 36.4 Å². The topological polar surface area (TPSA) is 71.0 Å². The highest BCUT2D eigenvalue weighted by molar-refractivity contribution is 6.32. The molecule has 3 aromatic rings. The fourth-order valence-corrected chi connectivity index (χ4v) is 5.52. The van der Waals surface area contributed by atoms with Gasteiger partial charge in [-0.25, -0.2) is 0 Å². The van der Waals surface area contributed by atoms with Crippen molar-refractivity contribution in [3.63, 3.8) is 0 Å². The van der Waals surface area contributed by atoms with Crippen molar-refractivity contribution in [1.82, 2.24) is 10.2 Å². The summed E-state index contributed by atoms with van der Waals surface area (Å²) in [6.07, 6.45) is 1.26. The van der Waals surface area contributed by atoms with Gasteiger partial charge in [0.05, 0.1) is 36.9 Å². The number of aryl methyl sites for hydroxylation is 1. The van der Waals surface area contributed by atoms with Crippen LogP contribution < -0.4 is 10.1 Å². The number of ether oxygens (including phenoxy) is 2. The molecule has 2 atom stereocenters. The Labute approximate surface area is 231 Å². The second-order valence-corrected chi connectivity index (χ2v) is 10.7. The lowest BCUT2D eigenvalue weighted by molar-refractivity contribution is -0.148. The van der Waals surface area contributed by atoms with Crippen LogP contribution in [-0.4, -0.2) is 66.9 Å². The van der Waals surface area contributed by atoms with Crippen LogP contribution in [0.5, 0.6) is 5.75 Å². The summed E-state index contributed by atoms with van der Waals surface area (Å²) < 4.78 is 41.1. The molecule has 2 heterocycles. The molecule has 9 heteroatoms. The number of aliphatic hydroxyl groups excluding tert-OH is 1. The normalized spacial score (nSPS) is 18.1. The molecule has 0 radical (unpaired) electrons. The first-order valence-corrected chi connectivity index (χ1v) is 13.8. The maximum atomic E-state index is 15.1. The molecule has 2 N–H and O–H groups in total. The Morgan fingerprint density at radius 3 is 2.51 bits per heavy atom. The smallest absolute Gasteiger partial charge is 0.324 e. The molecule has 39 heavy (non-hydrogen) atoms. The first-order valence-electron chi connectivity index (χ1n) is 13.4. The SMILES string of the molecule is O=C(N[C@@H](CO)[C@H](c1ccc(OC2COC2)c(Cl)c1)N1CCCC1)C(F)(F)CCc1ccc2ccccc2c1. The largest absolute Gasteiger partial charge is 0.484 e. The van der Waals surface area contributed by atoms with Gasteiger partial charge in [-0.05, 0) is 66.4 Å². The predicted molar refractivity (Wildman–Crippen MR) is 146 cm³/mol. The fourth-order valence-electron chi connectivity index (χ4n) is 5.28. The number of aliphatic hydroxyl groups is 1. The van der Waals surface area contributed by atoms with Crippen LogP contribution in [0.4, 0.5) is 8.78 Å². The Morgan fingerprint density at radius 2 is 1.85 bits per heavy atom. The van der Waals surface area contributed by atoms with Gasteiger partial charge in [0, 0.05) is 6.42 Å². The first-order chi connectivity index (χ1) is 18.8. The third-order valence-corrected chi connectivity index (χ3v) is 7.80. The minimum absolute atomic E-state index is 0.0493. The Hall–Kier alpha value is -2.78. The van der Waals surface area contributed by atoms with E-state index in [4.69, 9.17) is 21.1 Å². The molecule has 1 amide bonds. The van der Waals surface area contributed by atoms with E-state index in [1.54, 1.807) is 12.1 Å². The average molecular weight is 559 g/mol. The number of amides is 1. The average Bonchev–Trinajstić information content (AvgIpc) is 3.44. The minimum Gasteiger partial charge on any atom is -0.484 e. The molecule has 6 nitrogen and oxygen atoms in total. The Bertz CT molecular complexity index is 1300. The number of rotatable bonds is 11. The van der Waals surface area contributed by atoms with Gasteiger partial charge in [-0.3, -0.25) is 9.69 Å². The van der Waals surface area contributed by atoms with Gasteiger partial charge in [-0.15, -0.1) is 0 Å². The first kappa shape index (κ1) is 27.8. The van der Waals surface area contributed by atoms with Crippen molar-refractivity contribution in [2.24, 2.45) is 0 Å². The van der Waals surface area contributed by atoms with Crippen LogP contribution in [0.2, 0.25) is 5.02 Å². The quantitative estimate of drug-likeness (QED) is 0.340. The third kappa shape index (κ3) is 6.52. The lowest BCUT2D eigenvalue weighted by Crippen LogP contribution is -2.52. The van der Waals surface area contributed by atoms with E-state index in [-0.39, 0.29) is 12.5 Å². The zero-order chi connectivity index (χ0) is 27.4. The number of alkyl halides is 2. The van der Waals surface area contributed by atoms with Gasteiger partial charge in [0.2, 0.25) is 0 Å². The molecule has 0 aromatic heterocycles. The van der Waals surface area contributed by atoms with Crippen LogP contribution in [0.25, 0.3) is 10.8 Å². The molecular weight excluding hydrogens is 526 g/mol. The molecule has 0 aliphatic carbocycles. The number of carbonyl (C=O) groups excluding carboxylic acids is 1. The van der Waals surface area contributed by atoms with Gasteiger partial charge in [0.25, 0.3) is 5.91 Å². The summed E-state index contributed by atoms with van der Waals surface area (Å²) in [6.45, 7) is 1.96. The maximum absolute atomic E-state index is 15.1. The molecule has 2 aliphatic rings. The molecule has 2 aliphatic heterocycles. The summed E-state index contributed by atoms with van der Waals surface area (Å²) in [4.78, 5) is 14.9. The van der Waals surface area contributed by atoms with Crippen LogP contribution >= 0.6 is 11.6 Å². The Kier molecular flexibility index (Phi) is 8.67. The van der Waals surface area contributed by atoms with Crippen molar-refractivity contribution >= 4 is 28.3 Å². The number of fused-ring (bicyclic) bond motifs is 1. The third-order valence-electron chi connectivity index (χ3n) is 7.50. The van der Waals surface area contributed by atoms with Gasteiger partial charge in [-0.1, -0.05) is 60.1 Å². The summed E-state index contributed by atoms with van der Waals surface area (Å²) in [5.74, 6) is -4.48. The van der Waals surface area contributed by atoms with E-state index in [1.165, 1.54) is 0 Å². The van der Waals surface area contributed by atoms with Gasteiger partial charge < -0.3 is 19.9 Å². The summed E-state index contributed by atoms with van der Waals surface area (Å²) in [7, 11) is 0. The Balaban J connectivity index is 1.29. The van der Waals surface area contributed by atoms with Crippen molar-refractivity contribution in [2.45, 2.75) is 49.8 Å². The van der Waals surface area contributed by atoms with Crippen LogP contribution in [0, 0.1) is 0 Å². The number of halogens is 3. The molecule has 0 unspecified atom stereocenters. The predicted octanol–water partition coefficient (Wildman–Crippen LogP) is 5.15. The van der Waals surface area contributed by atoms with Crippen molar-refractivity contribution in [2.75, 3.05) is 32.9 Å². The Morgan fingerprint density at radius 1 is 1.10 bits per heavy atom. The van der Waals surface area contributed by atoms with Crippen molar-refractivity contribution in [1.29, 1.82) is 0 Å². The van der Waals surface area contributed by atoms with Crippen LogP contribution in [0.15, 0.2) is 60.7 Å². The van der Waals surface area contributed by atoms with Crippen LogP contribution in [-0.2, 0) is 16.0 Å². The molecule has 0 saturated carbocycles. The van der Waals surface area contributed by atoms with Crippen molar-refractivity contribution in [3.05, 3.63) is 76.8 Å². The molecule has 0 bridgehead atoms. The lowest BCUT2D eigenvalue weighted by Gasteiger charge is -2.35. The van der Waals surface area contributed by atoms with Crippen molar-refractivity contribution in [3.8, 4) is 5.75 Å². The molecule has 208 valence electrons. The lowest BCUT2D eigenvalue weighted by atomic mass is 9.97. The minimum atomic E-state index is -3.60. The van der Waals surface area contributed by atoms with E-state index in [1.807, 2.05) is 48.5 Å². The summed E-state index contributed by atoms with van der Waals surface area (Å²) in [6, 6.07) is 17.1. The van der Waals surface area contributed by atoms with E-state index < -0.39 is 36.9 Å².